The Kier molecular flexibility index (Phi) is 5.03. The topological polar surface area (TPSA) is 71.8 Å². The summed E-state index contributed by atoms with van der Waals surface area (Å²) in [5.74, 6) is -0.228. The Balaban J connectivity index is 1.63. The van der Waals surface area contributed by atoms with E-state index >= 15 is 0 Å². The van der Waals surface area contributed by atoms with E-state index in [9.17, 15) is 18.0 Å². The molecule has 4 rings (SSSR count). The summed E-state index contributed by atoms with van der Waals surface area (Å²) in [4.78, 5) is 16.5. The minimum Gasteiger partial charge on any atom is -0.363 e. The molecule has 1 aliphatic rings. The lowest BCUT2D eigenvalue weighted by atomic mass is 9.97. The Morgan fingerprint density at radius 3 is 2.62 bits per heavy atom. The summed E-state index contributed by atoms with van der Waals surface area (Å²) < 4.78 is 42.7. The lowest BCUT2D eigenvalue weighted by molar-refractivity contribution is -0.173. The molecule has 0 spiro atoms. The highest BCUT2D eigenvalue weighted by molar-refractivity contribution is 9.10. The molecule has 10 heteroatoms. The number of carbonyl (C=O) groups excluding carboxylic acids is 1. The molecule has 2 atom stereocenters. The average Bonchev–Trinajstić information content (AvgIpc) is 3.13. The van der Waals surface area contributed by atoms with Crippen molar-refractivity contribution in [1.82, 2.24) is 14.8 Å². The number of fused-ring (bicyclic) bond motifs is 1. The van der Waals surface area contributed by atoms with Crippen molar-refractivity contribution in [1.29, 1.82) is 0 Å². The minimum atomic E-state index is -4.50. The van der Waals surface area contributed by atoms with Gasteiger partial charge >= 0.3 is 6.18 Å². The summed E-state index contributed by atoms with van der Waals surface area (Å²) in [6, 6.07) is 11.1. The number of rotatable bonds is 3. The molecule has 6 nitrogen and oxygen atoms in total. The van der Waals surface area contributed by atoms with Gasteiger partial charge in [0.25, 0.3) is 5.91 Å². The van der Waals surface area contributed by atoms with E-state index in [1.165, 1.54) is 12.3 Å². The van der Waals surface area contributed by atoms with Crippen molar-refractivity contribution in [3.63, 3.8) is 0 Å². The van der Waals surface area contributed by atoms with Crippen LogP contribution in [0.15, 0.2) is 59.2 Å². The highest BCUT2D eigenvalue weighted by Crippen LogP contribution is 2.43. The highest BCUT2D eigenvalue weighted by atomic mass is 79.9. The molecule has 0 saturated heterocycles. The third kappa shape index (κ3) is 4.12. The van der Waals surface area contributed by atoms with Gasteiger partial charge in [0.05, 0.1) is 6.04 Å². The number of nitrogens with one attached hydrogen (secondary N) is 2. The van der Waals surface area contributed by atoms with Gasteiger partial charge in [0.15, 0.2) is 11.7 Å². The number of anilines is 2. The van der Waals surface area contributed by atoms with E-state index in [2.05, 4.69) is 36.6 Å². The van der Waals surface area contributed by atoms with E-state index in [1.807, 2.05) is 0 Å². The van der Waals surface area contributed by atoms with Gasteiger partial charge in [-0.3, -0.25) is 4.79 Å². The fourth-order valence-electron chi connectivity index (χ4n) is 3.22. The van der Waals surface area contributed by atoms with Gasteiger partial charge in [-0.15, -0.1) is 0 Å². The number of pyridine rings is 1. The first-order valence-electron chi connectivity index (χ1n) is 8.72. The van der Waals surface area contributed by atoms with Gasteiger partial charge < -0.3 is 10.6 Å². The Bertz CT molecular complexity index is 1020. The van der Waals surface area contributed by atoms with E-state index in [0.29, 0.717) is 0 Å². The van der Waals surface area contributed by atoms with Gasteiger partial charge in [0.1, 0.15) is 11.6 Å². The van der Waals surface area contributed by atoms with Gasteiger partial charge in [-0.05, 0) is 33.6 Å². The van der Waals surface area contributed by atoms with Crippen molar-refractivity contribution in [2.24, 2.45) is 0 Å². The maximum Gasteiger partial charge on any atom is 0.410 e. The highest BCUT2D eigenvalue weighted by Gasteiger charge is 2.46. The number of alkyl halides is 3. The van der Waals surface area contributed by atoms with E-state index in [-0.39, 0.29) is 23.8 Å². The predicted octanol–water partition coefficient (Wildman–Crippen LogP) is 4.95. The summed E-state index contributed by atoms with van der Waals surface area (Å²) in [6.07, 6.45) is -3.23. The molecular formula is C19H15BrF3N5O. The summed E-state index contributed by atoms with van der Waals surface area (Å²) in [5, 5.41) is 9.52. The smallest absolute Gasteiger partial charge is 0.363 e. The molecule has 150 valence electrons. The predicted molar refractivity (Wildman–Crippen MR) is 105 cm³/mol. The summed E-state index contributed by atoms with van der Waals surface area (Å²) in [5.41, 5.74) is 0.611. The standard InChI is InChI=1S/C19H15BrF3N5O/c20-12-6-7-16(24-10-12)26-18(29)14-9-17-25-13(11-4-2-1-3-5-11)8-15(19(21,22)23)28(17)27-14/h1-7,9-10,13,15,25H,8H2,(H,24,26,29)/t13-,15-/m1/s1. The maximum atomic E-state index is 13.7. The monoisotopic (exact) mass is 465 g/mol. The van der Waals surface area contributed by atoms with Crippen LogP contribution in [0.2, 0.25) is 0 Å². The third-order valence-electron chi connectivity index (χ3n) is 4.59. The number of hydrogen-bond acceptors (Lipinski definition) is 4. The van der Waals surface area contributed by atoms with Gasteiger partial charge in [-0.2, -0.15) is 18.3 Å². The van der Waals surface area contributed by atoms with Gasteiger partial charge in [-0.1, -0.05) is 30.3 Å². The molecule has 0 radical (unpaired) electrons. The van der Waals surface area contributed by atoms with Crippen molar-refractivity contribution >= 4 is 33.5 Å². The second-order valence-electron chi connectivity index (χ2n) is 6.58. The van der Waals surface area contributed by atoms with Crippen LogP contribution in [-0.4, -0.2) is 26.8 Å². The Morgan fingerprint density at radius 2 is 1.97 bits per heavy atom. The zero-order valence-electron chi connectivity index (χ0n) is 14.8. The largest absolute Gasteiger partial charge is 0.410 e. The molecule has 3 heterocycles. The number of hydrogen-bond donors (Lipinski definition) is 2. The van der Waals surface area contributed by atoms with E-state index in [4.69, 9.17) is 0 Å². The zero-order chi connectivity index (χ0) is 20.6. The fraction of sp³-hybridized carbons (Fsp3) is 0.211. The Labute approximate surface area is 172 Å². The first-order chi connectivity index (χ1) is 13.8. The maximum absolute atomic E-state index is 13.7. The summed E-state index contributed by atoms with van der Waals surface area (Å²) >= 11 is 3.24. The fourth-order valence-corrected chi connectivity index (χ4v) is 3.45. The van der Waals surface area contributed by atoms with E-state index in [1.54, 1.807) is 42.5 Å². The first kappa shape index (κ1) is 19.4. The minimum absolute atomic E-state index is 0.125. The van der Waals surface area contributed by atoms with E-state index in [0.717, 1.165) is 14.7 Å². The lowest BCUT2D eigenvalue weighted by Crippen LogP contribution is -2.35. The number of benzene rings is 1. The Morgan fingerprint density at radius 1 is 1.21 bits per heavy atom. The lowest BCUT2D eigenvalue weighted by Gasteiger charge is -2.33. The van der Waals surface area contributed by atoms with E-state index < -0.39 is 24.2 Å². The van der Waals surface area contributed by atoms with Crippen LogP contribution < -0.4 is 10.6 Å². The van der Waals surface area contributed by atoms with Crippen LogP contribution in [0.1, 0.15) is 34.6 Å². The van der Waals surface area contributed by atoms with Crippen LogP contribution in [0.4, 0.5) is 24.8 Å². The number of carbonyl (C=O) groups is 1. The average molecular weight is 466 g/mol. The SMILES string of the molecule is O=C(Nc1ccc(Br)cn1)c1cc2n(n1)[C@@H](C(F)(F)F)C[C@H](c1ccccc1)N2. The molecule has 1 aromatic carbocycles. The molecule has 2 aromatic heterocycles. The van der Waals surface area contributed by atoms with Gasteiger partial charge in [0.2, 0.25) is 0 Å². The van der Waals surface area contributed by atoms with Crippen LogP contribution in [-0.2, 0) is 0 Å². The van der Waals surface area contributed by atoms with Crippen LogP contribution in [0.25, 0.3) is 0 Å². The third-order valence-corrected chi connectivity index (χ3v) is 5.06. The van der Waals surface area contributed by atoms with Crippen LogP contribution in [0.3, 0.4) is 0 Å². The number of amides is 1. The Hall–Kier alpha value is -2.88. The second kappa shape index (κ2) is 7.51. The number of nitrogens with zero attached hydrogens (tertiary/aromatic N) is 3. The molecule has 1 aliphatic heterocycles. The van der Waals surface area contributed by atoms with Crippen molar-refractivity contribution in [2.45, 2.75) is 24.7 Å². The van der Waals surface area contributed by atoms with Crippen molar-refractivity contribution in [3.8, 4) is 0 Å². The van der Waals surface area contributed by atoms with Crippen LogP contribution in [0.5, 0.6) is 0 Å². The molecule has 0 unspecified atom stereocenters. The quantitative estimate of drug-likeness (QED) is 0.573. The van der Waals surface area contributed by atoms with Crippen molar-refractivity contribution < 1.29 is 18.0 Å². The van der Waals surface area contributed by atoms with Gasteiger partial charge in [-0.25, -0.2) is 9.67 Å². The second-order valence-corrected chi connectivity index (χ2v) is 7.49. The molecule has 3 aromatic rings. The molecule has 1 amide bonds. The number of halogens is 4. The normalized spacial score (nSPS) is 18.6. The molecule has 2 N–H and O–H groups in total. The number of aromatic nitrogens is 3. The van der Waals surface area contributed by atoms with Crippen molar-refractivity contribution in [2.75, 3.05) is 10.6 Å². The van der Waals surface area contributed by atoms with Crippen LogP contribution in [0, 0.1) is 0 Å². The molecular weight excluding hydrogens is 451 g/mol. The van der Waals surface area contributed by atoms with Crippen LogP contribution >= 0.6 is 15.9 Å². The van der Waals surface area contributed by atoms with Gasteiger partial charge in [0, 0.05) is 23.2 Å². The molecule has 0 saturated carbocycles. The summed E-state index contributed by atoms with van der Waals surface area (Å²) in [7, 11) is 0. The molecule has 0 fully saturated rings. The first-order valence-corrected chi connectivity index (χ1v) is 9.51. The molecule has 29 heavy (non-hydrogen) atoms. The zero-order valence-corrected chi connectivity index (χ0v) is 16.4. The summed E-state index contributed by atoms with van der Waals surface area (Å²) in [6.45, 7) is 0. The van der Waals surface area contributed by atoms with Crippen molar-refractivity contribution in [3.05, 3.63) is 70.5 Å². The molecule has 0 aliphatic carbocycles. The molecule has 0 bridgehead atoms.